The monoisotopic (exact) mass is 238 g/mol. The summed E-state index contributed by atoms with van der Waals surface area (Å²) < 4.78 is 0. The van der Waals surface area contributed by atoms with E-state index in [1.165, 1.54) is 37.2 Å². The molecule has 0 saturated heterocycles. The highest BCUT2D eigenvalue weighted by atomic mass is 32.3. The minimum Gasteiger partial charge on any atom is -0.217 e. The summed E-state index contributed by atoms with van der Waals surface area (Å²) in [4.78, 5) is 1.61. The molecule has 1 aromatic carbocycles. The maximum Gasteiger partial charge on any atom is -0.0101 e. The Morgan fingerprint density at radius 3 is 1.81 bits per heavy atom. The van der Waals surface area contributed by atoms with Gasteiger partial charge < -0.3 is 0 Å². The Morgan fingerprint density at radius 2 is 1.38 bits per heavy atom. The van der Waals surface area contributed by atoms with Crippen LogP contribution in [0.25, 0.3) is 0 Å². The van der Waals surface area contributed by atoms with Crippen LogP contribution in [-0.2, 0) is 0 Å². The maximum absolute atomic E-state index is 2.52. The molecule has 0 fully saturated rings. The Hall–Kier alpha value is -0.430. The fourth-order valence-corrected chi connectivity index (χ4v) is 5.35. The van der Waals surface area contributed by atoms with E-state index in [1.54, 1.807) is 4.90 Å². The molecule has 0 N–H and O–H groups in total. The van der Waals surface area contributed by atoms with Crippen LogP contribution < -0.4 is 0 Å². The van der Waals surface area contributed by atoms with Crippen molar-refractivity contribution in [3.8, 4) is 0 Å². The molecule has 0 spiro atoms. The van der Waals surface area contributed by atoms with Crippen molar-refractivity contribution in [3.05, 3.63) is 30.3 Å². The van der Waals surface area contributed by atoms with Gasteiger partial charge in [0.2, 0.25) is 0 Å². The summed E-state index contributed by atoms with van der Waals surface area (Å²) >= 11 is 0. The van der Waals surface area contributed by atoms with E-state index < -0.39 is 10.0 Å². The lowest BCUT2D eigenvalue weighted by Crippen LogP contribution is -2.08. The van der Waals surface area contributed by atoms with Crippen molar-refractivity contribution < 1.29 is 0 Å². The average molecular weight is 238 g/mol. The van der Waals surface area contributed by atoms with Crippen LogP contribution in [0, 0.1) is 0 Å². The van der Waals surface area contributed by atoms with Gasteiger partial charge in [-0.2, -0.15) is 0 Å². The lowest BCUT2D eigenvalue weighted by molar-refractivity contribution is 0.867. The zero-order chi connectivity index (χ0) is 11.9. The molecular formula is C15H26S. The third-order valence-corrected chi connectivity index (χ3v) is 7.00. The Bertz CT molecular complexity index is 271. The van der Waals surface area contributed by atoms with Gasteiger partial charge in [-0.15, -0.1) is 0 Å². The molecule has 0 aliphatic rings. The van der Waals surface area contributed by atoms with Crippen LogP contribution in [0.5, 0.6) is 0 Å². The number of benzene rings is 1. The van der Waals surface area contributed by atoms with Crippen LogP contribution in [0.4, 0.5) is 0 Å². The molecule has 0 aliphatic heterocycles. The molecule has 92 valence electrons. The molecule has 16 heavy (non-hydrogen) atoms. The molecule has 0 nitrogen and oxygen atoms in total. The highest BCUT2D eigenvalue weighted by Gasteiger charge is 2.18. The highest BCUT2D eigenvalue weighted by molar-refractivity contribution is 8.33. The quantitative estimate of drug-likeness (QED) is 0.621. The SMILES string of the molecule is CCCCS(C)(CCCC)c1ccccc1. The van der Waals surface area contributed by atoms with Gasteiger partial charge in [0.25, 0.3) is 0 Å². The maximum atomic E-state index is 2.52. The van der Waals surface area contributed by atoms with Gasteiger partial charge in [0.1, 0.15) is 0 Å². The molecule has 0 atom stereocenters. The summed E-state index contributed by atoms with van der Waals surface area (Å²) in [6.45, 7) is 4.59. The molecule has 0 bridgehead atoms. The second-order valence-electron chi connectivity index (χ2n) is 4.70. The molecular weight excluding hydrogens is 212 g/mol. The van der Waals surface area contributed by atoms with Crippen molar-refractivity contribution in [1.29, 1.82) is 0 Å². The Balaban J connectivity index is 2.77. The molecule has 0 radical (unpaired) electrons. The Kier molecular flexibility index (Phi) is 5.97. The largest absolute Gasteiger partial charge is 0.217 e. The van der Waals surface area contributed by atoms with Crippen molar-refractivity contribution >= 4 is 10.0 Å². The number of hydrogen-bond acceptors (Lipinski definition) is 0. The predicted molar refractivity (Wildman–Crippen MR) is 77.8 cm³/mol. The predicted octanol–water partition coefficient (Wildman–Crippen LogP) is 5.08. The van der Waals surface area contributed by atoms with E-state index in [-0.39, 0.29) is 0 Å². The van der Waals surface area contributed by atoms with Crippen molar-refractivity contribution in [2.45, 2.75) is 44.4 Å². The van der Waals surface area contributed by atoms with Crippen LogP contribution >= 0.6 is 10.0 Å². The Labute approximate surface area is 103 Å². The summed E-state index contributed by atoms with van der Waals surface area (Å²) in [5.41, 5.74) is 0. The summed E-state index contributed by atoms with van der Waals surface area (Å²) in [7, 11) is -0.542. The molecule has 0 amide bonds. The van der Waals surface area contributed by atoms with Gasteiger partial charge in [0.05, 0.1) is 0 Å². The first kappa shape index (κ1) is 13.6. The van der Waals surface area contributed by atoms with Gasteiger partial charge in [0, 0.05) is 0 Å². The third-order valence-electron chi connectivity index (χ3n) is 3.21. The third kappa shape index (κ3) is 3.86. The average Bonchev–Trinajstić information content (AvgIpc) is 2.35. The normalized spacial score (nSPS) is 12.7. The van der Waals surface area contributed by atoms with E-state index in [9.17, 15) is 0 Å². The van der Waals surface area contributed by atoms with E-state index in [1.807, 2.05) is 0 Å². The van der Waals surface area contributed by atoms with Crippen molar-refractivity contribution in [3.63, 3.8) is 0 Å². The zero-order valence-corrected chi connectivity index (χ0v) is 11.9. The van der Waals surface area contributed by atoms with Crippen molar-refractivity contribution in [2.75, 3.05) is 17.8 Å². The zero-order valence-electron chi connectivity index (χ0n) is 11.0. The fraction of sp³-hybridized carbons (Fsp3) is 0.600. The first-order valence-electron chi connectivity index (χ1n) is 6.51. The first-order valence-corrected chi connectivity index (χ1v) is 8.89. The lowest BCUT2D eigenvalue weighted by Gasteiger charge is -2.36. The molecule has 1 aromatic rings. The molecule has 0 aliphatic carbocycles. The molecule has 1 rings (SSSR count). The smallest absolute Gasteiger partial charge is 0.0101 e. The fourth-order valence-electron chi connectivity index (χ4n) is 2.01. The van der Waals surface area contributed by atoms with E-state index in [4.69, 9.17) is 0 Å². The second kappa shape index (κ2) is 7.01. The van der Waals surface area contributed by atoms with E-state index in [0.29, 0.717) is 0 Å². The van der Waals surface area contributed by atoms with Gasteiger partial charge in [-0.05, 0) is 35.5 Å². The van der Waals surface area contributed by atoms with E-state index in [2.05, 4.69) is 50.4 Å². The summed E-state index contributed by atoms with van der Waals surface area (Å²) in [6.07, 6.45) is 7.92. The summed E-state index contributed by atoms with van der Waals surface area (Å²) in [5.74, 6) is 2.82. The minimum absolute atomic E-state index is 0.542. The van der Waals surface area contributed by atoms with Crippen LogP contribution in [0.1, 0.15) is 39.5 Å². The number of rotatable bonds is 7. The van der Waals surface area contributed by atoms with Gasteiger partial charge in [-0.25, -0.2) is 10.0 Å². The highest BCUT2D eigenvalue weighted by Crippen LogP contribution is 2.53. The second-order valence-corrected chi connectivity index (χ2v) is 8.54. The van der Waals surface area contributed by atoms with Crippen LogP contribution in [0.15, 0.2) is 35.2 Å². The Morgan fingerprint density at radius 1 is 0.875 bits per heavy atom. The van der Waals surface area contributed by atoms with Crippen LogP contribution in [0.3, 0.4) is 0 Å². The van der Waals surface area contributed by atoms with Gasteiger partial charge in [0.15, 0.2) is 0 Å². The van der Waals surface area contributed by atoms with Crippen LogP contribution in [-0.4, -0.2) is 17.8 Å². The van der Waals surface area contributed by atoms with Gasteiger partial charge in [-0.1, -0.05) is 57.0 Å². The molecule has 0 aromatic heterocycles. The van der Waals surface area contributed by atoms with E-state index >= 15 is 0 Å². The van der Waals surface area contributed by atoms with Gasteiger partial charge >= 0.3 is 0 Å². The molecule has 0 saturated carbocycles. The summed E-state index contributed by atoms with van der Waals surface area (Å²) in [5, 5.41) is 0. The standard InChI is InChI=1S/C15H26S/c1-4-6-13-16(3,14-7-5-2)15-11-9-8-10-12-15/h8-12H,4-7,13-14H2,1-3H3. The van der Waals surface area contributed by atoms with Crippen molar-refractivity contribution in [2.24, 2.45) is 0 Å². The number of hydrogen-bond donors (Lipinski definition) is 0. The minimum atomic E-state index is -0.542. The molecule has 1 heteroatoms. The molecule has 0 unspecified atom stereocenters. The first-order chi connectivity index (χ1) is 7.73. The summed E-state index contributed by atoms with van der Waals surface area (Å²) in [6, 6.07) is 11.2. The van der Waals surface area contributed by atoms with E-state index in [0.717, 1.165) is 0 Å². The lowest BCUT2D eigenvalue weighted by atomic mass is 10.4. The van der Waals surface area contributed by atoms with Crippen molar-refractivity contribution in [1.82, 2.24) is 0 Å². The topological polar surface area (TPSA) is 0 Å². The van der Waals surface area contributed by atoms with Gasteiger partial charge in [-0.3, -0.25) is 0 Å². The number of unbranched alkanes of at least 4 members (excludes halogenated alkanes) is 2. The van der Waals surface area contributed by atoms with Crippen LogP contribution in [0.2, 0.25) is 0 Å². The molecule has 0 heterocycles.